The van der Waals surface area contributed by atoms with Crippen LogP contribution in [0.15, 0.2) is 61.2 Å². The Hall–Kier alpha value is -2.35. The zero-order chi connectivity index (χ0) is 23.3. The third-order valence-corrected chi connectivity index (χ3v) is 7.37. The largest absolute Gasteiger partial charge is 0.353 e. The molecule has 2 aromatic rings. The number of hydrogen-bond acceptors (Lipinski definition) is 1. The van der Waals surface area contributed by atoms with Gasteiger partial charge in [0.1, 0.15) is 0 Å². The van der Waals surface area contributed by atoms with Crippen molar-refractivity contribution >= 4 is 5.91 Å². The summed E-state index contributed by atoms with van der Waals surface area (Å²) in [6, 6.07) is 18.5. The van der Waals surface area contributed by atoms with Crippen LogP contribution in [0.25, 0.3) is 0 Å². The Morgan fingerprint density at radius 2 is 1.42 bits per heavy atom. The predicted molar refractivity (Wildman–Crippen MR) is 141 cm³/mol. The van der Waals surface area contributed by atoms with E-state index < -0.39 is 0 Å². The van der Waals surface area contributed by atoms with Gasteiger partial charge in [0.25, 0.3) is 0 Å². The van der Waals surface area contributed by atoms with Crippen molar-refractivity contribution in [3.63, 3.8) is 0 Å². The number of carbonyl (C=O) groups is 1. The summed E-state index contributed by atoms with van der Waals surface area (Å²) in [5, 5.41) is 2.83. The molecule has 0 aromatic heterocycles. The van der Waals surface area contributed by atoms with Crippen molar-refractivity contribution < 1.29 is 4.79 Å². The highest BCUT2D eigenvalue weighted by atomic mass is 16.1. The first-order valence-electron chi connectivity index (χ1n) is 13.2. The van der Waals surface area contributed by atoms with Crippen molar-refractivity contribution in [1.82, 2.24) is 5.32 Å². The number of carbonyl (C=O) groups excluding carboxylic acids is 1. The monoisotopic (exact) mass is 445 g/mol. The summed E-state index contributed by atoms with van der Waals surface area (Å²) in [5.74, 6) is 1.67. The smallest absolute Gasteiger partial charge is 0.243 e. The highest BCUT2D eigenvalue weighted by molar-refractivity contribution is 5.86. The molecule has 2 heteroatoms. The van der Waals surface area contributed by atoms with Gasteiger partial charge in [0.05, 0.1) is 0 Å². The summed E-state index contributed by atoms with van der Waals surface area (Å²) in [4.78, 5) is 11.2. The molecule has 0 saturated heterocycles. The summed E-state index contributed by atoms with van der Waals surface area (Å²) < 4.78 is 0. The molecule has 0 bridgehead atoms. The summed E-state index contributed by atoms with van der Waals surface area (Å²) in [7, 11) is 0. The van der Waals surface area contributed by atoms with Crippen molar-refractivity contribution in [1.29, 1.82) is 0 Å². The zero-order valence-corrected chi connectivity index (χ0v) is 20.7. The second-order valence-electron chi connectivity index (χ2n) is 9.87. The molecule has 0 unspecified atom stereocenters. The van der Waals surface area contributed by atoms with Gasteiger partial charge in [-0.1, -0.05) is 87.7 Å². The molecule has 2 nitrogen and oxygen atoms in total. The predicted octanol–water partition coefficient (Wildman–Crippen LogP) is 7.56. The average molecular weight is 446 g/mol. The van der Waals surface area contributed by atoms with Crippen LogP contribution in [-0.2, 0) is 24.1 Å². The molecule has 1 saturated carbocycles. The molecular formula is C31H43NO. The van der Waals surface area contributed by atoms with Crippen molar-refractivity contribution in [2.45, 2.75) is 89.9 Å². The number of nitrogens with one attached hydrogen (secondary N) is 1. The number of aryl methyl sites for hydroxylation is 3. The molecular weight excluding hydrogens is 402 g/mol. The Kier molecular flexibility index (Phi) is 10.7. The fourth-order valence-corrected chi connectivity index (χ4v) is 5.16. The average Bonchev–Trinajstić information content (AvgIpc) is 2.87. The molecule has 2 aromatic carbocycles. The van der Waals surface area contributed by atoms with E-state index in [0.29, 0.717) is 6.54 Å². The van der Waals surface area contributed by atoms with E-state index in [1.54, 1.807) is 5.56 Å². The molecule has 1 aliphatic rings. The number of unbranched alkanes of at least 4 members (excludes halogenated alkanes) is 2. The Labute approximate surface area is 201 Å². The molecule has 1 fully saturated rings. The van der Waals surface area contributed by atoms with Crippen LogP contribution in [0.2, 0.25) is 0 Å². The summed E-state index contributed by atoms with van der Waals surface area (Å²) >= 11 is 0. The first kappa shape index (κ1) is 25.3. The fraction of sp³-hybridized carbons (Fsp3) is 0.516. The molecule has 33 heavy (non-hydrogen) atoms. The third kappa shape index (κ3) is 8.84. The fourth-order valence-electron chi connectivity index (χ4n) is 5.16. The Morgan fingerprint density at radius 3 is 2.00 bits per heavy atom. The molecule has 0 aliphatic heterocycles. The summed E-state index contributed by atoms with van der Waals surface area (Å²) in [5.41, 5.74) is 5.72. The van der Waals surface area contributed by atoms with Crippen LogP contribution in [0.5, 0.6) is 0 Å². The number of amides is 1. The van der Waals surface area contributed by atoms with E-state index in [-0.39, 0.29) is 5.91 Å². The maximum atomic E-state index is 11.2. The second-order valence-corrected chi connectivity index (χ2v) is 9.87. The summed E-state index contributed by atoms with van der Waals surface area (Å²) in [6.07, 6.45) is 16.7. The molecule has 3 rings (SSSR count). The molecule has 1 N–H and O–H groups in total. The van der Waals surface area contributed by atoms with Crippen LogP contribution in [0.4, 0.5) is 0 Å². The second kappa shape index (κ2) is 14.0. The Balaban J connectivity index is 1.37. The van der Waals surface area contributed by atoms with E-state index in [2.05, 4.69) is 67.4 Å². The molecule has 1 aliphatic carbocycles. The van der Waals surface area contributed by atoms with Gasteiger partial charge in [-0.25, -0.2) is 0 Å². The Morgan fingerprint density at radius 1 is 0.848 bits per heavy atom. The van der Waals surface area contributed by atoms with Gasteiger partial charge in [0.15, 0.2) is 0 Å². The lowest BCUT2D eigenvalue weighted by atomic mass is 9.77. The van der Waals surface area contributed by atoms with E-state index in [1.807, 2.05) is 0 Å². The van der Waals surface area contributed by atoms with E-state index >= 15 is 0 Å². The van der Waals surface area contributed by atoms with E-state index in [1.165, 1.54) is 74.1 Å². The van der Waals surface area contributed by atoms with Gasteiger partial charge in [-0.15, -0.1) is 0 Å². The first-order valence-corrected chi connectivity index (χ1v) is 13.2. The minimum Gasteiger partial charge on any atom is -0.353 e. The lowest BCUT2D eigenvalue weighted by Gasteiger charge is -2.29. The van der Waals surface area contributed by atoms with Gasteiger partial charge in [-0.05, 0) is 91.5 Å². The lowest BCUT2D eigenvalue weighted by Crippen LogP contribution is -2.22. The number of benzene rings is 2. The number of hydrogen-bond donors (Lipinski definition) is 1. The topological polar surface area (TPSA) is 29.1 Å². The minimum absolute atomic E-state index is 0.0939. The SMILES string of the molecule is C=CC(=O)NCCCc1ccc(CCc2ccc(C3CCC(CCCCC)CC3)cc2)cc1. The number of rotatable bonds is 13. The van der Waals surface area contributed by atoms with Crippen LogP contribution >= 0.6 is 0 Å². The van der Waals surface area contributed by atoms with Crippen LogP contribution in [-0.4, -0.2) is 12.5 Å². The lowest BCUT2D eigenvalue weighted by molar-refractivity contribution is -0.116. The molecule has 0 atom stereocenters. The van der Waals surface area contributed by atoms with Crippen LogP contribution in [0.3, 0.4) is 0 Å². The van der Waals surface area contributed by atoms with Gasteiger partial charge in [-0.2, -0.15) is 0 Å². The molecule has 1 amide bonds. The van der Waals surface area contributed by atoms with Crippen molar-refractivity contribution in [2.24, 2.45) is 5.92 Å². The quantitative estimate of drug-likeness (QED) is 0.250. The highest BCUT2D eigenvalue weighted by Gasteiger charge is 2.21. The van der Waals surface area contributed by atoms with Crippen molar-refractivity contribution in [3.05, 3.63) is 83.4 Å². The maximum absolute atomic E-state index is 11.2. The van der Waals surface area contributed by atoms with Gasteiger partial charge >= 0.3 is 0 Å². The maximum Gasteiger partial charge on any atom is 0.243 e. The van der Waals surface area contributed by atoms with Crippen molar-refractivity contribution in [2.75, 3.05) is 6.54 Å². The van der Waals surface area contributed by atoms with E-state index in [0.717, 1.165) is 37.5 Å². The van der Waals surface area contributed by atoms with Gasteiger partial charge < -0.3 is 5.32 Å². The van der Waals surface area contributed by atoms with Gasteiger partial charge in [-0.3, -0.25) is 4.79 Å². The van der Waals surface area contributed by atoms with Crippen molar-refractivity contribution in [3.8, 4) is 0 Å². The Bertz CT molecular complexity index is 828. The van der Waals surface area contributed by atoms with Gasteiger partial charge in [0.2, 0.25) is 5.91 Å². The molecule has 0 heterocycles. The van der Waals surface area contributed by atoms with Gasteiger partial charge in [0, 0.05) is 6.54 Å². The minimum atomic E-state index is -0.0939. The highest BCUT2D eigenvalue weighted by Crippen LogP contribution is 2.37. The normalized spacial score (nSPS) is 18.1. The summed E-state index contributed by atoms with van der Waals surface area (Å²) in [6.45, 7) is 6.47. The van der Waals surface area contributed by atoms with Crippen LogP contribution < -0.4 is 5.32 Å². The van der Waals surface area contributed by atoms with E-state index in [4.69, 9.17) is 0 Å². The molecule has 178 valence electrons. The van der Waals surface area contributed by atoms with Crippen LogP contribution in [0, 0.1) is 5.92 Å². The van der Waals surface area contributed by atoms with E-state index in [9.17, 15) is 4.79 Å². The standard InChI is InChI=1S/C31H43NO/c1-3-5-6-8-25-16-20-29(21-17-25)30-22-18-28(19-23-30)15-14-27-12-10-26(11-13-27)9-7-24-32-31(33)4-2/h4,10-13,18-19,22-23,25,29H,2-3,5-9,14-17,20-21,24H2,1H3,(H,32,33). The zero-order valence-electron chi connectivity index (χ0n) is 20.7. The molecule has 0 spiro atoms. The molecule has 0 radical (unpaired) electrons. The first-order chi connectivity index (χ1) is 16.2. The third-order valence-electron chi connectivity index (χ3n) is 7.37. The van der Waals surface area contributed by atoms with Crippen LogP contribution in [0.1, 0.15) is 92.9 Å².